The third kappa shape index (κ3) is 5.66. The minimum Gasteiger partial charge on any atom is -0.493 e. The van der Waals surface area contributed by atoms with Crippen molar-refractivity contribution < 1.29 is 14.4 Å². The number of benzene rings is 2. The van der Waals surface area contributed by atoms with Crippen LogP contribution in [-0.4, -0.2) is 30.9 Å². The molecule has 2 aromatic carbocycles. The van der Waals surface area contributed by atoms with Crippen LogP contribution in [0.25, 0.3) is 0 Å². The van der Waals surface area contributed by atoms with Crippen LogP contribution in [0.3, 0.4) is 0 Å². The van der Waals surface area contributed by atoms with Gasteiger partial charge in [-0.25, -0.2) is 0 Å². The number of hydrogen-bond acceptors (Lipinski definition) is 6. The van der Waals surface area contributed by atoms with Crippen molar-refractivity contribution in [1.82, 2.24) is 0 Å². The monoisotopic (exact) mass is 375 g/mol. The highest BCUT2D eigenvalue weighted by Crippen LogP contribution is 2.27. The molecule has 0 aliphatic heterocycles. The first kappa shape index (κ1) is 19.6. The van der Waals surface area contributed by atoms with E-state index in [9.17, 15) is 10.1 Å². The molecule has 0 aliphatic carbocycles. The van der Waals surface area contributed by atoms with Gasteiger partial charge in [0, 0.05) is 24.4 Å². The molecule has 0 bridgehead atoms. The fourth-order valence-corrected chi connectivity index (χ4v) is 2.94. The first-order chi connectivity index (χ1) is 12.5. The minimum absolute atomic E-state index is 0.0790. The molecule has 2 N–H and O–H groups in total. The Morgan fingerprint density at radius 3 is 2.38 bits per heavy atom. The fourth-order valence-electron chi connectivity index (χ4n) is 2.25. The van der Waals surface area contributed by atoms with Gasteiger partial charge in [0.15, 0.2) is 16.7 Å². The van der Waals surface area contributed by atoms with E-state index < -0.39 is 4.92 Å². The van der Waals surface area contributed by atoms with Crippen LogP contribution in [0, 0.1) is 10.1 Å². The molecule has 2 aromatic rings. The van der Waals surface area contributed by atoms with Crippen LogP contribution in [0.1, 0.15) is 11.1 Å². The van der Waals surface area contributed by atoms with E-state index in [1.807, 2.05) is 18.2 Å². The Hall–Kier alpha value is -2.74. The van der Waals surface area contributed by atoms with Gasteiger partial charge in [-0.05, 0) is 29.7 Å². The third-order valence-corrected chi connectivity index (χ3v) is 4.55. The first-order valence-electron chi connectivity index (χ1n) is 7.90. The second-order valence-electron chi connectivity index (χ2n) is 5.37. The van der Waals surface area contributed by atoms with Gasteiger partial charge in [0.2, 0.25) is 0 Å². The number of methoxy groups -OCH3 is 2. The van der Waals surface area contributed by atoms with E-state index in [0.717, 1.165) is 17.5 Å². The Kier molecular flexibility index (Phi) is 7.28. The smallest absolute Gasteiger partial charge is 0.269 e. The summed E-state index contributed by atoms with van der Waals surface area (Å²) in [5.41, 5.74) is 8.04. The number of thioether (sulfide) groups is 1. The summed E-state index contributed by atoms with van der Waals surface area (Å²) in [6, 6.07) is 12.2. The number of non-ortho nitro benzene ring substituents is 1. The molecule has 0 atom stereocenters. The van der Waals surface area contributed by atoms with E-state index >= 15 is 0 Å². The third-order valence-electron chi connectivity index (χ3n) is 3.65. The molecule has 0 heterocycles. The van der Waals surface area contributed by atoms with Crippen LogP contribution in [0.5, 0.6) is 11.5 Å². The quantitative estimate of drug-likeness (QED) is 0.328. The summed E-state index contributed by atoms with van der Waals surface area (Å²) in [5, 5.41) is 11.1. The Morgan fingerprint density at radius 2 is 1.77 bits per heavy atom. The van der Waals surface area contributed by atoms with E-state index in [1.165, 1.54) is 23.9 Å². The zero-order valence-electron chi connectivity index (χ0n) is 14.7. The maximum Gasteiger partial charge on any atom is 0.269 e. The van der Waals surface area contributed by atoms with Crippen molar-refractivity contribution in [2.24, 2.45) is 10.7 Å². The van der Waals surface area contributed by atoms with Crippen molar-refractivity contribution in [2.45, 2.75) is 12.2 Å². The molecule has 26 heavy (non-hydrogen) atoms. The largest absolute Gasteiger partial charge is 0.493 e. The van der Waals surface area contributed by atoms with E-state index in [0.29, 0.717) is 29.0 Å². The Bertz CT molecular complexity index is 779. The summed E-state index contributed by atoms with van der Waals surface area (Å²) < 4.78 is 10.5. The summed E-state index contributed by atoms with van der Waals surface area (Å²) >= 11 is 1.41. The van der Waals surface area contributed by atoms with Crippen LogP contribution in [0.4, 0.5) is 5.69 Å². The second-order valence-corrected chi connectivity index (χ2v) is 6.37. The van der Waals surface area contributed by atoms with Crippen molar-refractivity contribution in [3.8, 4) is 11.5 Å². The van der Waals surface area contributed by atoms with Crippen molar-refractivity contribution >= 4 is 22.6 Å². The maximum absolute atomic E-state index is 10.6. The van der Waals surface area contributed by atoms with Gasteiger partial charge in [0.1, 0.15) is 0 Å². The summed E-state index contributed by atoms with van der Waals surface area (Å²) in [6.45, 7) is 0.564. The summed E-state index contributed by atoms with van der Waals surface area (Å²) in [6.07, 6.45) is 0.735. The second kappa shape index (κ2) is 9.67. The van der Waals surface area contributed by atoms with E-state index in [2.05, 4.69) is 4.99 Å². The van der Waals surface area contributed by atoms with Crippen molar-refractivity contribution in [3.05, 3.63) is 63.7 Å². The number of nitrogens with two attached hydrogens (primary N) is 1. The number of nitro benzene ring substituents is 1. The SMILES string of the molecule is COc1ccc(CCN=C(N)SCc2ccc([N+](=O)[O-])cc2)cc1OC. The van der Waals surface area contributed by atoms with E-state index in [-0.39, 0.29) is 5.69 Å². The summed E-state index contributed by atoms with van der Waals surface area (Å²) in [4.78, 5) is 14.6. The molecule has 0 unspecified atom stereocenters. The number of amidine groups is 1. The number of hydrogen-bond donors (Lipinski definition) is 1. The molecule has 0 saturated heterocycles. The van der Waals surface area contributed by atoms with Crippen molar-refractivity contribution in [3.63, 3.8) is 0 Å². The average Bonchev–Trinajstić information content (AvgIpc) is 2.66. The molecule has 0 amide bonds. The van der Waals surface area contributed by atoms with Gasteiger partial charge >= 0.3 is 0 Å². The zero-order chi connectivity index (χ0) is 18.9. The molecule has 0 aromatic heterocycles. The number of rotatable bonds is 8. The minimum atomic E-state index is -0.416. The molecule has 0 aliphatic rings. The summed E-state index contributed by atoms with van der Waals surface area (Å²) in [5.74, 6) is 2.00. The molecule has 2 rings (SSSR count). The molecule has 0 radical (unpaired) electrons. The number of ether oxygens (including phenoxy) is 2. The number of aliphatic imine (C=N–C) groups is 1. The normalized spacial score (nSPS) is 11.2. The van der Waals surface area contributed by atoms with Gasteiger partial charge in [0.25, 0.3) is 5.69 Å². The molecule has 0 saturated carbocycles. The van der Waals surface area contributed by atoms with Crippen molar-refractivity contribution in [1.29, 1.82) is 0 Å². The lowest BCUT2D eigenvalue weighted by atomic mass is 10.1. The van der Waals surface area contributed by atoms with Crippen LogP contribution in [0.15, 0.2) is 47.5 Å². The highest BCUT2D eigenvalue weighted by atomic mass is 32.2. The highest BCUT2D eigenvalue weighted by Gasteiger charge is 2.06. The zero-order valence-corrected chi connectivity index (χ0v) is 15.5. The Morgan fingerprint density at radius 1 is 1.12 bits per heavy atom. The lowest BCUT2D eigenvalue weighted by Gasteiger charge is -2.09. The van der Waals surface area contributed by atoms with E-state index in [4.69, 9.17) is 15.2 Å². The van der Waals surface area contributed by atoms with Crippen LogP contribution in [0.2, 0.25) is 0 Å². The molecular formula is C18H21N3O4S. The molecule has 0 spiro atoms. The Labute approximate surface area is 156 Å². The lowest BCUT2D eigenvalue weighted by molar-refractivity contribution is -0.384. The van der Waals surface area contributed by atoms with Crippen LogP contribution < -0.4 is 15.2 Å². The lowest BCUT2D eigenvalue weighted by Crippen LogP contribution is -2.08. The van der Waals surface area contributed by atoms with Gasteiger partial charge in [-0.15, -0.1) is 0 Å². The fraction of sp³-hybridized carbons (Fsp3) is 0.278. The molecule has 0 fully saturated rings. The maximum atomic E-state index is 10.6. The van der Waals surface area contributed by atoms with Crippen molar-refractivity contribution in [2.75, 3.05) is 20.8 Å². The summed E-state index contributed by atoms with van der Waals surface area (Å²) in [7, 11) is 3.21. The van der Waals surface area contributed by atoms with Crippen LogP contribution in [-0.2, 0) is 12.2 Å². The molecule has 7 nitrogen and oxygen atoms in total. The predicted octanol–water partition coefficient (Wildman–Crippen LogP) is 3.40. The topological polar surface area (TPSA) is 100.0 Å². The average molecular weight is 375 g/mol. The number of nitrogens with zero attached hydrogens (tertiary/aromatic N) is 2. The predicted molar refractivity (Wildman–Crippen MR) is 104 cm³/mol. The van der Waals surface area contributed by atoms with Gasteiger partial charge in [-0.3, -0.25) is 15.1 Å². The van der Waals surface area contributed by atoms with Crippen LogP contribution >= 0.6 is 11.8 Å². The molecular weight excluding hydrogens is 354 g/mol. The van der Waals surface area contributed by atoms with Gasteiger partial charge in [-0.1, -0.05) is 30.0 Å². The highest BCUT2D eigenvalue weighted by molar-refractivity contribution is 8.13. The van der Waals surface area contributed by atoms with Gasteiger partial charge < -0.3 is 15.2 Å². The van der Waals surface area contributed by atoms with E-state index in [1.54, 1.807) is 26.4 Å². The Balaban J connectivity index is 1.83. The molecule has 8 heteroatoms. The molecule has 138 valence electrons. The number of nitro groups is 1. The van der Waals surface area contributed by atoms with Gasteiger partial charge in [-0.2, -0.15) is 0 Å². The first-order valence-corrected chi connectivity index (χ1v) is 8.89. The standard InChI is InChI=1S/C18H21N3O4S/c1-24-16-8-5-13(11-17(16)25-2)9-10-20-18(19)26-12-14-3-6-15(7-4-14)21(22)23/h3-8,11H,9-10,12H2,1-2H3,(H2,19,20). The van der Waals surface area contributed by atoms with Gasteiger partial charge in [0.05, 0.1) is 19.1 Å².